The van der Waals surface area contributed by atoms with Crippen LogP contribution < -0.4 is 0 Å². The number of ether oxygens (including phenoxy) is 1. The quantitative estimate of drug-likeness (QED) is 0.273. The van der Waals surface area contributed by atoms with Crippen molar-refractivity contribution in [2.45, 2.75) is 45.4 Å². The monoisotopic (exact) mass is 308 g/mol. The van der Waals surface area contributed by atoms with Crippen LogP contribution in [0.4, 0.5) is 0 Å². The summed E-state index contributed by atoms with van der Waals surface area (Å²) in [5.74, 6) is -3.02. The van der Waals surface area contributed by atoms with E-state index >= 15 is 0 Å². The molecule has 8 heteroatoms. The van der Waals surface area contributed by atoms with Gasteiger partial charge in [-0.15, -0.1) is 0 Å². The summed E-state index contributed by atoms with van der Waals surface area (Å²) < 4.78 is 34.6. The number of esters is 1. The third-order valence-corrected chi connectivity index (χ3v) is 3.33. The van der Waals surface area contributed by atoms with Crippen molar-refractivity contribution in [3.63, 3.8) is 0 Å². The molecule has 0 aliphatic rings. The molecule has 0 saturated heterocycles. The van der Waals surface area contributed by atoms with Crippen molar-refractivity contribution in [2.24, 2.45) is 0 Å². The maximum Gasteiger partial charge on any atom is 0.350 e. The van der Waals surface area contributed by atoms with Crippen molar-refractivity contribution in [1.29, 1.82) is 0 Å². The number of hydrogen-bond acceptors (Lipinski definition) is 5. The Morgan fingerprint density at radius 2 is 1.65 bits per heavy atom. The number of carbonyl (C=O) groups is 2. The van der Waals surface area contributed by atoms with Crippen molar-refractivity contribution in [1.82, 2.24) is 0 Å². The highest BCUT2D eigenvalue weighted by atomic mass is 32.2. The lowest BCUT2D eigenvalue weighted by molar-refractivity contribution is -0.139. The third-order valence-electron chi connectivity index (χ3n) is 2.48. The molecule has 0 rings (SSSR count). The molecule has 0 amide bonds. The van der Waals surface area contributed by atoms with Crippen LogP contribution in [0.25, 0.3) is 0 Å². The van der Waals surface area contributed by atoms with Crippen LogP contribution >= 0.6 is 0 Å². The molecule has 0 aromatic rings. The molecule has 0 heterocycles. The van der Waals surface area contributed by atoms with E-state index in [1.54, 1.807) is 0 Å². The van der Waals surface area contributed by atoms with Gasteiger partial charge in [0.25, 0.3) is 0 Å². The lowest BCUT2D eigenvalue weighted by Gasteiger charge is -2.03. The van der Waals surface area contributed by atoms with E-state index in [1.165, 1.54) is 0 Å². The Hall–Kier alpha value is -1.41. The topological polar surface area (TPSA) is 118 Å². The van der Waals surface area contributed by atoms with Gasteiger partial charge < -0.3 is 9.84 Å². The first-order valence-corrected chi connectivity index (χ1v) is 7.82. The van der Waals surface area contributed by atoms with E-state index in [0.717, 1.165) is 32.1 Å². The number of carbonyl (C=O) groups excluding carboxylic acids is 1. The molecule has 0 saturated carbocycles. The molecular formula is C12H20O7S. The van der Waals surface area contributed by atoms with Crippen molar-refractivity contribution < 1.29 is 32.4 Å². The Morgan fingerprint density at radius 1 is 1.10 bits per heavy atom. The second-order valence-electron chi connectivity index (χ2n) is 4.22. The van der Waals surface area contributed by atoms with Crippen LogP contribution in [0, 0.1) is 0 Å². The van der Waals surface area contributed by atoms with Gasteiger partial charge in [0.1, 0.15) is 0 Å². The number of carboxylic acids is 1. The van der Waals surface area contributed by atoms with E-state index in [4.69, 9.17) is 9.66 Å². The number of rotatable bonds is 10. The minimum Gasteiger partial charge on any atom is -0.477 e. The SMILES string of the molecule is CCCCCCCCOC(=O)/C=C(/C(=O)O)S(=O)(=O)O. The smallest absolute Gasteiger partial charge is 0.350 e. The minimum absolute atomic E-state index is 0.0832. The van der Waals surface area contributed by atoms with E-state index in [1.807, 2.05) is 0 Å². The van der Waals surface area contributed by atoms with Crippen LogP contribution in [-0.2, 0) is 24.4 Å². The highest BCUT2D eigenvalue weighted by Crippen LogP contribution is 2.07. The van der Waals surface area contributed by atoms with Crippen LogP contribution in [-0.4, -0.2) is 36.6 Å². The van der Waals surface area contributed by atoms with Gasteiger partial charge in [-0.3, -0.25) is 4.55 Å². The average molecular weight is 308 g/mol. The maximum absolute atomic E-state index is 11.2. The fourth-order valence-electron chi connectivity index (χ4n) is 1.45. The number of hydrogen-bond donors (Lipinski definition) is 2. The second-order valence-corrected chi connectivity index (χ2v) is 5.61. The Labute approximate surface area is 118 Å². The van der Waals surface area contributed by atoms with Gasteiger partial charge in [0.15, 0.2) is 4.91 Å². The fraction of sp³-hybridized carbons (Fsp3) is 0.667. The summed E-state index contributed by atoms with van der Waals surface area (Å²) in [4.78, 5) is 20.3. The van der Waals surface area contributed by atoms with Crippen molar-refractivity contribution >= 4 is 22.1 Å². The first-order valence-electron chi connectivity index (χ1n) is 6.38. The number of aliphatic carboxylic acids is 1. The van der Waals surface area contributed by atoms with E-state index in [-0.39, 0.29) is 12.7 Å². The van der Waals surface area contributed by atoms with Gasteiger partial charge in [0.05, 0.1) is 12.7 Å². The first-order chi connectivity index (χ1) is 9.29. The Bertz CT molecular complexity index is 450. The lowest BCUT2D eigenvalue weighted by atomic mass is 10.1. The third kappa shape index (κ3) is 8.65. The molecule has 20 heavy (non-hydrogen) atoms. The highest BCUT2D eigenvalue weighted by molar-refractivity contribution is 7.90. The zero-order valence-electron chi connectivity index (χ0n) is 11.4. The predicted molar refractivity (Wildman–Crippen MR) is 71.6 cm³/mol. The van der Waals surface area contributed by atoms with Gasteiger partial charge in [-0.25, -0.2) is 9.59 Å². The van der Waals surface area contributed by atoms with Gasteiger partial charge in [-0.2, -0.15) is 8.42 Å². The number of unbranched alkanes of at least 4 members (excludes halogenated alkanes) is 5. The second kappa shape index (κ2) is 9.49. The Balaban J connectivity index is 4.12. The number of carboxylic acid groups (broad SMARTS) is 1. The molecule has 0 aliphatic carbocycles. The van der Waals surface area contributed by atoms with Crippen molar-refractivity contribution in [3.8, 4) is 0 Å². The van der Waals surface area contributed by atoms with Crippen LogP contribution in [0.5, 0.6) is 0 Å². The lowest BCUT2D eigenvalue weighted by Crippen LogP contribution is -2.15. The van der Waals surface area contributed by atoms with Gasteiger partial charge in [0.2, 0.25) is 0 Å². The largest absolute Gasteiger partial charge is 0.477 e. The molecule has 0 unspecified atom stereocenters. The van der Waals surface area contributed by atoms with E-state index < -0.39 is 27.0 Å². The summed E-state index contributed by atoms with van der Waals surface area (Å²) in [5.41, 5.74) is 0. The minimum atomic E-state index is -4.94. The summed E-state index contributed by atoms with van der Waals surface area (Å²) in [6.07, 6.45) is 6.17. The maximum atomic E-state index is 11.2. The van der Waals surface area contributed by atoms with Crippen LogP contribution in [0.1, 0.15) is 45.4 Å². The molecule has 0 aromatic heterocycles. The van der Waals surface area contributed by atoms with Gasteiger partial charge in [0, 0.05) is 0 Å². The standard InChI is InChI=1S/C12H20O7S/c1-2-3-4-5-6-7-8-19-11(13)9-10(12(14)15)20(16,17)18/h9H,2-8H2,1H3,(H,14,15)(H,16,17,18)/b10-9-. The van der Waals surface area contributed by atoms with Crippen LogP contribution in [0.15, 0.2) is 11.0 Å². The summed E-state index contributed by atoms with van der Waals surface area (Å²) in [7, 11) is -4.94. The molecule has 0 bridgehead atoms. The van der Waals surface area contributed by atoms with Gasteiger partial charge >= 0.3 is 22.1 Å². The fourth-order valence-corrected chi connectivity index (χ4v) is 1.92. The summed E-state index contributed by atoms with van der Waals surface area (Å²) >= 11 is 0. The van der Waals surface area contributed by atoms with Gasteiger partial charge in [-0.05, 0) is 6.42 Å². The molecule has 0 spiro atoms. The normalized spacial score (nSPS) is 12.2. The Morgan fingerprint density at radius 3 is 2.15 bits per heavy atom. The van der Waals surface area contributed by atoms with Gasteiger partial charge in [-0.1, -0.05) is 39.0 Å². The highest BCUT2D eigenvalue weighted by Gasteiger charge is 2.23. The van der Waals surface area contributed by atoms with E-state index in [2.05, 4.69) is 11.7 Å². The molecule has 0 aromatic carbocycles. The molecule has 116 valence electrons. The molecule has 2 N–H and O–H groups in total. The zero-order chi connectivity index (χ0) is 15.6. The average Bonchev–Trinajstić information content (AvgIpc) is 2.33. The zero-order valence-corrected chi connectivity index (χ0v) is 12.2. The van der Waals surface area contributed by atoms with Crippen molar-refractivity contribution in [3.05, 3.63) is 11.0 Å². The molecule has 0 radical (unpaired) electrons. The van der Waals surface area contributed by atoms with Crippen LogP contribution in [0.2, 0.25) is 0 Å². The molecule has 0 fully saturated rings. The van der Waals surface area contributed by atoms with Crippen molar-refractivity contribution in [2.75, 3.05) is 6.61 Å². The van der Waals surface area contributed by atoms with Crippen LogP contribution in [0.3, 0.4) is 0 Å². The first kappa shape index (κ1) is 18.6. The molecule has 0 aliphatic heterocycles. The molecule has 7 nitrogen and oxygen atoms in total. The summed E-state index contributed by atoms with van der Waals surface area (Å²) in [6.45, 7) is 2.18. The predicted octanol–water partition coefficient (Wildman–Crippen LogP) is 1.75. The van der Waals surface area contributed by atoms with E-state index in [9.17, 15) is 18.0 Å². The molecular weight excluding hydrogens is 288 g/mol. The summed E-state index contributed by atoms with van der Waals surface area (Å²) in [5, 5.41) is 8.53. The van der Waals surface area contributed by atoms with E-state index in [0.29, 0.717) is 6.42 Å². The summed E-state index contributed by atoms with van der Waals surface area (Å²) in [6, 6.07) is 0. The molecule has 0 atom stereocenters. The Kier molecular flexibility index (Phi) is 8.82.